The number of carbonyl (C=O) groups excluding carboxylic acids is 1. The third-order valence-electron chi connectivity index (χ3n) is 3.34. The second kappa shape index (κ2) is 6.91. The van der Waals surface area contributed by atoms with Gasteiger partial charge in [0.15, 0.2) is 0 Å². The molecule has 0 spiro atoms. The van der Waals surface area contributed by atoms with Crippen LogP contribution in [0.4, 0.5) is 10.5 Å². The van der Waals surface area contributed by atoms with Gasteiger partial charge in [0.2, 0.25) is 0 Å². The number of anilines is 1. The van der Waals surface area contributed by atoms with Crippen molar-refractivity contribution >= 4 is 72.2 Å². The third kappa shape index (κ3) is 3.68. The number of carbonyl (C=O) groups is 1. The summed E-state index contributed by atoms with van der Waals surface area (Å²) in [6, 6.07) is 14.7. The van der Waals surface area contributed by atoms with Crippen molar-refractivity contribution in [3.8, 4) is 0 Å². The van der Waals surface area contributed by atoms with Gasteiger partial charge in [-0.1, -0.05) is 29.8 Å². The molecule has 1 amide bonds. The van der Waals surface area contributed by atoms with Gasteiger partial charge in [0, 0.05) is 27.9 Å². The summed E-state index contributed by atoms with van der Waals surface area (Å²) >= 11 is 12.7. The molecule has 0 radical (unpaired) electrons. The topological polar surface area (TPSA) is 34.0 Å². The van der Waals surface area contributed by atoms with Gasteiger partial charge in [-0.3, -0.25) is 4.57 Å². The largest absolute Gasteiger partial charge is 0.330 e. The van der Waals surface area contributed by atoms with Crippen molar-refractivity contribution in [2.24, 2.45) is 0 Å². The van der Waals surface area contributed by atoms with E-state index < -0.39 is 0 Å². The number of hydrogen-bond donors (Lipinski definition) is 1. The number of fused-ring (bicyclic) bond motifs is 1. The number of para-hydroxylation sites is 1. The lowest BCUT2D eigenvalue weighted by Crippen LogP contribution is -2.18. The number of nitrogens with one attached hydrogen (secondary N) is 1. The Hall–Kier alpha value is -1.56. The molecule has 0 saturated carbocycles. The van der Waals surface area contributed by atoms with E-state index in [9.17, 15) is 4.79 Å². The van der Waals surface area contributed by atoms with Crippen molar-refractivity contribution < 1.29 is 4.79 Å². The number of benzene rings is 2. The maximum Gasteiger partial charge on any atom is 0.330 e. The average molecular weight is 455 g/mol. The van der Waals surface area contributed by atoms with Gasteiger partial charge in [-0.15, -0.1) is 0 Å². The van der Waals surface area contributed by atoms with Crippen LogP contribution in [0.25, 0.3) is 17.0 Å². The molecule has 0 aliphatic carbocycles. The summed E-state index contributed by atoms with van der Waals surface area (Å²) < 4.78 is 2.34. The maximum absolute atomic E-state index is 12.6. The van der Waals surface area contributed by atoms with Crippen molar-refractivity contribution in [3.05, 3.63) is 68.7 Å². The van der Waals surface area contributed by atoms with Gasteiger partial charge in [-0.05, 0) is 68.3 Å². The van der Waals surface area contributed by atoms with E-state index in [1.54, 1.807) is 29.0 Å². The first-order chi connectivity index (χ1) is 11.0. The Bertz CT molecular complexity index is 914. The standard InChI is InChI=1S/C17H11Br2ClN2O/c18-16(19)10-12-9-13(20)5-6-14(12)21-17(23)22-8-7-11-3-1-2-4-15(11)22/h1-10H,(H,21,23). The predicted molar refractivity (Wildman–Crippen MR) is 104 cm³/mol. The second-order valence-electron chi connectivity index (χ2n) is 4.84. The Labute approximate surface area is 155 Å². The van der Waals surface area contributed by atoms with Crippen LogP contribution >= 0.6 is 43.5 Å². The predicted octanol–water partition coefficient (Wildman–Crippen LogP) is 6.46. The van der Waals surface area contributed by atoms with Crippen LogP contribution in [-0.2, 0) is 0 Å². The van der Waals surface area contributed by atoms with Gasteiger partial charge in [0.1, 0.15) is 0 Å². The summed E-state index contributed by atoms with van der Waals surface area (Å²) in [6.07, 6.45) is 3.58. The lowest BCUT2D eigenvalue weighted by atomic mass is 10.2. The van der Waals surface area contributed by atoms with Gasteiger partial charge in [-0.2, -0.15) is 0 Å². The molecule has 0 unspecified atom stereocenters. The van der Waals surface area contributed by atoms with E-state index in [-0.39, 0.29) is 6.03 Å². The summed E-state index contributed by atoms with van der Waals surface area (Å²) in [6.45, 7) is 0. The van der Waals surface area contributed by atoms with Crippen LogP contribution < -0.4 is 5.32 Å². The highest BCUT2D eigenvalue weighted by Gasteiger charge is 2.11. The zero-order valence-electron chi connectivity index (χ0n) is 11.8. The van der Waals surface area contributed by atoms with E-state index in [1.807, 2.05) is 36.4 Å². The lowest BCUT2D eigenvalue weighted by Gasteiger charge is -2.10. The molecule has 0 fully saturated rings. The molecular weight excluding hydrogens is 443 g/mol. The highest BCUT2D eigenvalue weighted by atomic mass is 79.9. The quantitative estimate of drug-likeness (QED) is 0.474. The Balaban J connectivity index is 1.96. The molecule has 2 aromatic carbocycles. The summed E-state index contributed by atoms with van der Waals surface area (Å²) in [5, 5.41) is 4.53. The first kappa shape index (κ1) is 16.3. The van der Waals surface area contributed by atoms with Gasteiger partial charge in [-0.25, -0.2) is 4.79 Å². The average Bonchev–Trinajstić information content (AvgIpc) is 2.93. The number of halogens is 3. The van der Waals surface area contributed by atoms with Crippen molar-refractivity contribution in [2.75, 3.05) is 5.32 Å². The monoisotopic (exact) mass is 452 g/mol. The van der Waals surface area contributed by atoms with Crippen LogP contribution in [0, 0.1) is 0 Å². The Morgan fingerprint density at radius 1 is 1.13 bits per heavy atom. The number of amides is 1. The van der Waals surface area contributed by atoms with E-state index in [0.29, 0.717) is 10.7 Å². The molecule has 0 saturated heterocycles. The number of rotatable bonds is 2. The van der Waals surface area contributed by atoms with Crippen molar-refractivity contribution in [2.45, 2.75) is 0 Å². The minimum atomic E-state index is -0.228. The van der Waals surface area contributed by atoms with Crippen LogP contribution in [0.5, 0.6) is 0 Å². The molecule has 6 heteroatoms. The first-order valence-electron chi connectivity index (χ1n) is 6.74. The molecule has 3 nitrogen and oxygen atoms in total. The smallest absolute Gasteiger partial charge is 0.307 e. The fourth-order valence-electron chi connectivity index (χ4n) is 2.32. The Morgan fingerprint density at radius 3 is 2.70 bits per heavy atom. The van der Waals surface area contributed by atoms with Gasteiger partial charge >= 0.3 is 6.03 Å². The van der Waals surface area contributed by atoms with Crippen LogP contribution in [0.2, 0.25) is 5.02 Å². The molecule has 3 rings (SSSR count). The van der Waals surface area contributed by atoms with E-state index in [0.717, 1.165) is 19.9 Å². The fourth-order valence-corrected chi connectivity index (χ4v) is 2.99. The van der Waals surface area contributed by atoms with Crippen LogP contribution in [0.1, 0.15) is 5.56 Å². The van der Waals surface area contributed by atoms with E-state index >= 15 is 0 Å². The Morgan fingerprint density at radius 2 is 1.91 bits per heavy atom. The summed E-state index contributed by atoms with van der Waals surface area (Å²) in [5.41, 5.74) is 2.33. The molecule has 1 aromatic heterocycles. The summed E-state index contributed by atoms with van der Waals surface area (Å²) in [5.74, 6) is 0. The second-order valence-corrected chi connectivity index (χ2v) is 8.05. The molecule has 23 heavy (non-hydrogen) atoms. The fraction of sp³-hybridized carbons (Fsp3) is 0. The molecular formula is C17H11Br2ClN2O. The zero-order chi connectivity index (χ0) is 16.4. The number of aromatic nitrogens is 1. The minimum absolute atomic E-state index is 0.228. The van der Waals surface area contributed by atoms with Crippen molar-refractivity contribution in [1.29, 1.82) is 0 Å². The molecule has 0 aliphatic heterocycles. The van der Waals surface area contributed by atoms with E-state index in [2.05, 4.69) is 37.2 Å². The molecule has 3 aromatic rings. The zero-order valence-corrected chi connectivity index (χ0v) is 15.7. The van der Waals surface area contributed by atoms with Crippen LogP contribution in [0.3, 0.4) is 0 Å². The van der Waals surface area contributed by atoms with E-state index in [1.165, 1.54) is 0 Å². The molecule has 0 atom stereocenters. The van der Waals surface area contributed by atoms with Gasteiger partial charge in [0.05, 0.1) is 8.91 Å². The lowest BCUT2D eigenvalue weighted by molar-refractivity contribution is 0.254. The number of nitrogens with zero attached hydrogens (tertiary/aromatic N) is 1. The third-order valence-corrected chi connectivity index (χ3v) is 4.03. The SMILES string of the molecule is O=C(Nc1ccc(Cl)cc1C=C(Br)Br)n1ccc2ccccc21. The first-order valence-corrected chi connectivity index (χ1v) is 8.71. The van der Waals surface area contributed by atoms with Gasteiger partial charge in [0.25, 0.3) is 0 Å². The van der Waals surface area contributed by atoms with Crippen LogP contribution in [0.15, 0.2) is 58.1 Å². The molecule has 116 valence electrons. The number of hydrogen-bond acceptors (Lipinski definition) is 1. The molecule has 0 bridgehead atoms. The molecule has 0 aliphatic rings. The van der Waals surface area contributed by atoms with Crippen LogP contribution in [-0.4, -0.2) is 10.6 Å². The highest BCUT2D eigenvalue weighted by molar-refractivity contribution is 9.28. The molecule has 1 N–H and O–H groups in total. The van der Waals surface area contributed by atoms with Crippen molar-refractivity contribution in [3.63, 3.8) is 0 Å². The maximum atomic E-state index is 12.6. The van der Waals surface area contributed by atoms with Crippen molar-refractivity contribution in [1.82, 2.24) is 4.57 Å². The van der Waals surface area contributed by atoms with E-state index in [4.69, 9.17) is 11.6 Å². The highest BCUT2D eigenvalue weighted by Crippen LogP contribution is 2.27. The summed E-state index contributed by atoms with van der Waals surface area (Å²) in [4.78, 5) is 12.6. The Kier molecular flexibility index (Phi) is 4.90. The normalized spacial score (nSPS) is 10.6. The minimum Gasteiger partial charge on any atom is -0.307 e. The summed E-state index contributed by atoms with van der Waals surface area (Å²) in [7, 11) is 0. The van der Waals surface area contributed by atoms with Gasteiger partial charge < -0.3 is 5.32 Å². The molecule has 1 heterocycles.